The summed E-state index contributed by atoms with van der Waals surface area (Å²) in [6.07, 6.45) is 8.09. The first kappa shape index (κ1) is 16.9. The molecule has 0 aliphatic rings. The van der Waals surface area contributed by atoms with Crippen LogP contribution in [0, 0.1) is 11.8 Å². The van der Waals surface area contributed by atoms with Crippen LogP contribution in [0.3, 0.4) is 0 Å². The van der Waals surface area contributed by atoms with E-state index in [2.05, 4.69) is 26.8 Å². The first-order chi connectivity index (χ1) is 8.31. The summed E-state index contributed by atoms with van der Waals surface area (Å²) in [5, 5.41) is 0. The number of hydrogen-bond acceptors (Lipinski definition) is 2. The molecule has 2 nitrogen and oxygen atoms in total. The van der Waals surface area contributed by atoms with E-state index < -0.39 is 0 Å². The highest BCUT2D eigenvalue weighted by molar-refractivity contribution is 5.83. The highest BCUT2D eigenvalue weighted by Gasteiger charge is 2.02. The Morgan fingerprint density at radius 2 is 1.72 bits per heavy atom. The molecule has 0 aromatic rings. The third kappa shape index (κ3) is 10.1. The molecule has 0 heterocycles. The number of hydrogen-bond donors (Lipinski definition) is 0. The molecule has 0 rings (SSSR count). The van der Waals surface area contributed by atoms with E-state index in [1.54, 1.807) is 6.08 Å². The van der Waals surface area contributed by atoms with Gasteiger partial charge in [0.2, 0.25) is 0 Å². The topological polar surface area (TPSA) is 26.3 Å². The molecular weight excluding hydrogens is 224 g/mol. The van der Waals surface area contributed by atoms with E-state index in [0.29, 0.717) is 5.92 Å². The predicted molar refractivity (Wildman–Crippen MR) is 77.4 cm³/mol. The lowest BCUT2D eigenvalue weighted by Crippen LogP contribution is -2.08. The first-order valence-corrected chi connectivity index (χ1v) is 6.88. The number of carbonyl (C=O) groups is 1. The molecule has 0 spiro atoms. The molecule has 0 aliphatic heterocycles. The fourth-order valence-corrected chi connectivity index (χ4v) is 1.51. The lowest BCUT2D eigenvalue weighted by atomic mass is 9.98. The van der Waals surface area contributed by atoms with Crippen molar-refractivity contribution in [1.82, 2.24) is 0 Å². The average Bonchev–Trinajstić information content (AvgIpc) is 2.22. The van der Waals surface area contributed by atoms with Gasteiger partial charge in [-0.25, -0.2) is 4.79 Å². The summed E-state index contributed by atoms with van der Waals surface area (Å²) in [6, 6.07) is 0. The van der Waals surface area contributed by atoms with E-state index in [0.717, 1.165) is 11.5 Å². The van der Waals surface area contributed by atoms with E-state index in [1.807, 2.05) is 26.8 Å². The Kier molecular flexibility index (Phi) is 8.43. The second kappa shape index (κ2) is 8.96. The average molecular weight is 252 g/mol. The smallest absolute Gasteiger partial charge is 0.331 e. The molecule has 0 aromatic heterocycles. The van der Waals surface area contributed by atoms with E-state index in [9.17, 15) is 4.79 Å². The van der Waals surface area contributed by atoms with Gasteiger partial charge in [0.05, 0.1) is 6.10 Å². The summed E-state index contributed by atoms with van der Waals surface area (Å²) in [4.78, 5) is 11.4. The molecule has 0 fully saturated rings. The molecule has 0 N–H and O–H groups in total. The largest absolute Gasteiger partial charge is 0.460 e. The van der Waals surface area contributed by atoms with Gasteiger partial charge in [0.1, 0.15) is 0 Å². The van der Waals surface area contributed by atoms with Crippen molar-refractivity contribution < 1.29 is 9.53 Å². The molecule has 104 valence electrons. The first-order valence-electron chi connectivity index (χ1n) is 6.88. The Morgan fingerprint density at radius 1 is 1.11 bits per heavy atom. The van der Waals surface area contributed by atoms with Gasteiger partial charge in [0, 0.05) is 6.08 Å². The van der Waals surface area contributed by atoms with Crippen molar-refractivity contribution in [2.45, 2.75) is 60.5 Å². The number of carbonyl (C=O) groups excluding carboxylic acids is 1. The number of esters is 1. The Bertz CT molecular complexity index is 298. The van der Waals surface area contributed by atoms with Crippen LogP contribution in [0.5, 0.6) is 0 Å². The van der Waals surface area contributed by atoms with Crippen molar-refractivity contribution in [3.63, 3.8) is 0 Å². The fraction of sp³-hybridized carbons (Fsp3) is 0.688. The molecule has 1 unspecified atom stereocenters. The highest BCUT2D eigenvalue weighted by Crippen LogP contribution is 2.13. The van der Waals surface area contributed by atoms with Crippen LogP contribution in [0.25, 0.3) is 0 Å². The Labute approximate surface area is 112 Å². The van der Waals surface area contributed by atoms with E-state index in [1.165, 1.54) is 12.8 Å². The summed E-state index contributed by atoms with van der Waals surface area (Å²) in [6.45, 7) is 12.3. The SMILES string of the molecule is CC(C=CC(C)CCC(C)C)=CC(=O)OC(C)C. The summed E-state index contributed by atoms with van der Waals surface area (Å²) >= 11 is 0. The van der Waals surface area contributed by atoms with Crippen LogP contribution in [0.4, 0.5) is 0 Å². The van der Waals surface area contributed by atoms with Crippen LogP contribution in [-0.4, -0.2) is 12.1 Å². The summed E-state index contributed by atoms with van der Waals surface area (Å²) in [5.74, 6) is 1.04. The van der Waals surface area contributed by atoms with Gasteiger partial charge in [-0.2, -0.15) is 0 Å². The Hall–Kier alpha value is -1.05. The zero-order valence-corrected chi connectivity index (χ0v) is 12.7. The maximum atomic E-state index is 11.4. The molecule has 0 radical (unpaired) electrons. The van der Waals surface area contributed by atoms with Crippen LogP contribution < -0.4 is 0 Å². The minimum Gasteiger partial charge on any atom is -0.460 e. The molecule has 0 amide bonds. The number of ether oxygens (including phenoxy) is 1. The van der Waals surface area contributed by atoms with Crippen molar-refractivity contribution in [1.29, 1.82) is 0 Å². The van der Waals surface area contributed by atoms with Gasteiger partial charge in [-0.05, 0) is 44.6 Å². The summed E-state index contributed by atoms with van der Waals surface area (Å²) in [7, 11) is 0. The maximum absolute atomic E-state index is 11.4. The van der Waals surface area contributed by atoms with Gasteiger partial charge in [-0.1, -0.05) is 39.3 Å². The standard InChI is InChI=1S/C16H28O2/c1-12(2)7-8-14(5)9-10-15(6)11-16(17)18-13(3)4/h9-14H,7-8H2,1-6H3. The molecular formula is C16H28O2. The fourth-order valence-electron chi connectivity index (χ4n) is 1.51. The van der Waals surface area contributed by atoms with E-state index >= 15 is 0 Å². The van der Waals surface area contributed by atoms with Gasteiger partial charge >= 0.3 is 5.97 Å². The van der Waals surface area contributed by atoms with Gasteiger partial charge < -0.3 is 4.74 Å². The Morgan fingerprint density at radius 3 is 2.22 bits per heavy atom. The van der Waals surface area contributed by atoms with Gasteiger partial charge in [-0.3, -0.25) is 0 Å². The van der Waals surface area contributed by atoms with Crippen LogP contribution in [0.15, 0.2) is 23.8 Å². The van der Waals surface area contributed by atoms with Crippen molar-refractivity contribution >= 4 is 5.97 Å². The monoisotopic (exact) mass is 252 g/mol. The lowest BCUT2D eigenvalue weighted by Gasteiger charge is -2.08. The molecule has 2 heteroatoms. The van der Waals surface area contributed by atoms with Crippen molar-refractivity contribution in [3.8, 4) is 0 Å². The van der Waals surface area contributed by atoms with Crippen LogP contribution in [-0.2, 0) is 9.53 Å². The second-order valence-corrected chi connectivity index (χ2v) is 5.68. The molecule has 0 bridgehead atoms. The Balaban J connectivity index is 4.16. The predicted octanol–water partition coefficient (Wildman–Crippen LogP) is 4.51. The van der Waals surface area contributed by atoms with Crippen molar-refractivity contribution in [2.75, 3.05) is 0 Å². The maximum Gasteiger partial charge on any atom is 0.331 e. The lowest BCUT2D eigenvalue weighted by molar-refractivity contribution is -0.141. The summed E-state index contributed by atoms with van der Waals surface area (Å²) < 4.78 is 5.06. The van der Waals surface area contributed by atoms with Crippen LogP contribution >= 0.6 is 0 Å². The minimum absolute atomic E-state index is 0.0597. The highest BCUT2D eigenvalue weighted by atomic mass is 16.5. The molecule has 0 saturated heterocycles. The van der Waals surface area contributed by atoms with Gasteiger partial charge in [0.15, 0.2) is 0 Å². The zero-order valence-electron chi connectivity index (χ0n) is 12.7. The molecule has 1 atom stereocenters. The minimum atomic E-state index is -0.262. The number of rotatable bonds is 7. The third-order valence-electron chi connectivity index (χ3n) is 2.58. The number of allylic oxidation sites excluding steroid dienone is 3. The third-order valence-corrected chi connectivity index (χ3v) is 2.58. The quantitative estimate of drug-likeness (QED) is 0.378. The van der Waals surface area contributed by atoms with Crippen LogP contribution in [0.2, 0.25) is 0 Å². The zero-order chi connectivity index (χ0) is 14.1. The van der Waals surface area contributed by atoms with E-state index in [-0.39, 0.29) is 12.1 Å². The van der Waals surface area contributed by atoms with Crippen LogP contribution in [0.1, 0.15) is 54.4 Å². The molecule has 18 heavy (non-hydrogen) atoms. The van der Waals surface area contributed by atoms with E-state index in [4.69, 9.17) is 4.74 Å². The van der Waals surface area contributed by atoms with Gasteiger partial charge in [0.25, 0.3) is 0 Å². The molecule has 0 saturated carbocycles. The van der Waals surface area contributed by atoms with Crippen molar-refractivity contribution in [3.05, 3.63) is 23.8 Å². The molecule has 0 aromatic carbocycles. The second-order valence-electron chi connectivity index (χ2n) is 5.68. The van der Waals surface area contributed by atoms with Gasteiger partial charge in [-0.15, -0.1) is 0 Å². The summed E-state index contributed by atoms with van der Waals surface area (Å²) in [5.41, 5.74) is 0.942. The van der Waals surface area contributed by atoms with Crippen molar-refractivity contribution in [2.24, 2.45) is 11.8 Å². The molecule has 0 aliphatic carbocycles. The normalized spacial score (nSPS) is 14.6.